The Morgan fingerprint density at radius 2 is 1.90 bits per heavy atom. The highest BCUT2D eigenvalue weighted by atomic mass is 16.5. The Bertz CT molecular complexity index is 728. The third-order valence-electron chi connectivity index (χ3n) is 5.24. The van der Waals surface area contributed by atoms with Crippen LogP contribution in [0.25, 0.3) is 0 Å². The zero-order chi connectivity index (χ0) is 21.3. The maximum absolute atomic E-state index is 12.4. The first-order chi connectivity index (χ1) is 13.8. The van der Waals surface area contributed by atoms with E-state index < -0.39 is 0 Å². The fraction of sp³-hybridized carbons (Fsp3) is 0.609. The number of hydrogen-bond donors (Lipinski definition) is 2. The van der Waals surface area contributed by atoms with E-state index in [4.69, 9.17) is 4.74 Å². The third-order valence-corrected chi connectivity index (χ3v) is 5.24. The van der Waals surface area contributed by atoms with E-state index in [2.05, 4.69) is 17.6 Å². The van der Waals surface area contributed by atoms with Gasteiger partial charge in [0, 0.05) is 36.1 Å². The second-order valence-corrected chi connectivity index (χ2v) is 8.36. The fourth-order valence-electron chi connectivity index (χ4n) is 3.50. The molecule has 0 atom stereocenters. The quantitative estimate of drug-likeness (QED) is 0.426. The number of esters is 1. The monoisotopic (exact) mass is 402 g/mol. The van der Waals surface area contributed by atoms with Crippen molar-refractivity contribution in [3.8, 4) is 0 Å². The fourth-order valence-corrected chi connectivity index (χ4v) is 3.50. The summed E-state index contributed by atoms with van der Waals surface area (Å²) in [4.78, 5) is 35.8. The number of carbonyl (C=O) groups excluding carboxylic acids is 3. The van der Waals surface area contributed by atoms with Crippen LogP contribution in [0.15, 0.2) is 18.2 Å². The Kier molecular flexibility index (Phi) is 8.68. The van der Waals surface area contributed by atoms with Gasteiger partial charge in [0.1, 0.15) is 0 Å². The smallest absolute Gasteiger partial charge is 0.305 e. The van der Waals surface area contributed by atoms with Crippen LogP contribution in [0.4, 0.5) is 5.69 Å². The van der Waals surface area contributed by atoms with Gasteiger partial charge in [-0.05, 0) is 43.0 Å². The van der Waals surface area contributed by atoms with Crippen molar-refractivity contribution < 1.29 is 19.1 Å². The Balaban J connectivity index is 1.67. The van der Waals surface area contributed by atoms with Gasteiger partial charge >= 0.3 is 5.97 Å². The molecule has 1 aromatic rings. The van der Waals surface area contributed by atoms with Gasteiger partial charge < -0.3 is 15.4 Å². The Labute approximate surface area is 173 Å². The average molecular weight is 403 g/mol. The number of unbranched alkanes of at least 4 members (excludes halogenated alkanes) is 4. The summed E-state index contributed by atoms with van der Waals surface area (Å²) in [5, 5.41) is 5.83. The standard InChI is InChI=1S/C23H34N2O4/c1-4-5-14-29-21(27)10-8-6-7-9-13-24-22(28)17-11-12-19-18(15-17)23(2,3)16-20(26)25-19/h11-12,15H,4-10,13-14,16H2,1-3H3,(H,24,28)(H,25,26). The number of benzene rings is 1. The van der Waals surface area contributed by atoms with Crippen LogP contribution in [-0.2, 0) is 19.7 Å². The van der Waals surface area contributed by atoms with Gasteiger partial charge in [0.25, 0.3) is 5.91 Å². The molecule has 1 aromatic carbocycles. The molecule has 2 amide bonds. The van der Waals surface area contributed by atoms with Crippen LogP contribution < -0.4 is 10.6 Å². The molecule has 29 heavy (non-hydrogen) atoms. The van der Waals surface area contributed by atoms with Gasteiger partial charge in [-0.1, -0.05) is 40.0 Å². The Hall–Kier alpha value is -2.37. The molecular formula is C23H34N2O4. The van der Waals surface area contributed by atoms with Crippen LogP contribution in [0, 0.1) is 0 Å². The molecule has 160 valence electrons. The van der Waals surface area contributed by atoms with Crippen LogP contribution in [0.1, 0.15) is 88.1 Å². The number of nitrogens with one attached hydrogen (secondary N) is 2. The van der Waals surface area contributed by atoms with E-state index in [0.29, 0.717) is 31.6 Å². The maximum atomic E-state index is 12.4. The number of hydrogen-bond acceptors (Lipinski definition) is 4. The molecule has 2 rings (SSSR count). The van der Waals surface area contributed by atoms with E-state index in [1.54, 1.807) is 6.07 Å². The highest BCUT2D eigenvalue weighted by Crippen LogP contribution is 2.37. The molecule has 2 N–H and O–H groups in total. The van der Waals surface area contributed by atoms with E-state index >= 15 is 0 Å². The third kappa shape index (κ3) is 7.18. The SMILES string of the molecule is CCCCOC(=O)CCCCCCNC(=O)c1ccc2c(c1)C(C)(C)CC(=O)N2. The summed E-state index contributed by atoms with van der Waals surface area (Å²) in [7, 11) is 0. The number of carbonyl (C=O) groups is 3. The zero-order valence-electron chi connectivity index (χ0n) is 17.9. The predicted octanol–water partition coefficient (Wildman–Crippen LogP) is 4.33. The number of fused-ring (bicyclic) bond motifs is 1. The lowest BCUT2D eigenvalue weighted by molar-refractivity contribution is -0.143. The summed E-state index contributed by atoms with van der Waals surface area (Å²) >= 11 is 0. The van der Waals surface area contributed by atoms with E-state index in [1.165, 1.54) is 0 Å². The Morgan fingerprint density at radius 1 is 1.14 bits per heavy atom. The van der Waals surface area contributed by atoms with Crippen molar-refractivity contribution >= 4 is 23.5 Å². The van der Waals surface area contributed by atoms with Crippen LogP contribution in [-0.4, -0.2) is 30.9 Å². The van der Waals surface area contributed by atoms with Crippen LogP contribution in [0.3, 0.4) is 0 Å². The second-order valence-electron chi connectivity index (χ2n) is 8.36. The van der Waals surface area contributed by atoms with Crippen molar-refractivity contribution in [2.24, 2.45) is 0 Å². The minimum Gasteiger partial charge on any atom is -0.466 e. The lowest BCUT2D eigenvalue weighted by Crippen LogP contribution is -2.33. The van der Waals surface area contributed by atoms with Gasteiger partial charge in [0.15, 0.2) is 0 Å². The molecule has 6 heteroatoms. The van der Waals surface area contributed by atoms with Crippen LogP contribution in [0.5, 0.6) is 0 Å². The van der Waals surface area contributed by atoms with E-state index in [-0.39, 0.29) is 23.2 Å². The molecule has 1 heterocycles. The molecule has 6 nitrogen and oxygen atoms in total. The minimum atomic E-state index is -0.286. The summed E-state index contributed by atoms with van der Waals surface area (Å²) in [5.41, 5.74) is 2.11. The van der Waals surface area contributed by atoms with Crippen molar-refractivity contribution in [1.82, 2.24) is 5.32 Å². The molecule has 0 unspecified atom stereocenters. The summed E-state index contributed by atoms with van der Waals surface area (Å²) in [6, 6.07) is 5.44. The summed E-state index contributed by atoms with van der Waals surface area (Å²) in [6.45, 7) is 7.24. The molecule has 0 aromatic heterocycles. The van der Waals surface area contributed by atoms with Crippen molar-refractivity contribution in [1.29, 1.82) is 0 Å². The summed E-state index contributed by atoms with van der Waals surface area (Å²) in [6.07, 6.45) is 6.44. The van der Waals surface area contributed by atoms with E-state index in [9.17, 15) is 14.4 Å². The highest BCUT2D eigenvalue weighted by molar-refractivity contribution is 5.98. The predicted molar refractivity (Wildman–Crippen MR) is 114 cm³/mol. The molecule has 1 aliphatic rings. The minimum absolute atomic E-state index is 0.00826. The first kappa shape index (κ1) is 22.9. The average Bonchev–Trinajstić information content (AvgIpc) is 2.66. The van der Waals surface area contributed by atoms with Gasteiger partial charge in [-0.15, -0.1) is 0 Å². The number of anilines is 1. The molecule has 0 saturated heterocycles. The van der Waals surface area contributed by atoms with Crippen molar-refractivity contribution in [3.63, 3.8) is 0 Å². The molecular weight excluding hydrogens is 368 g/mol. The van der Waals surface area contributed by atoms with Crippen molar-refractivity contribution in [3.05, 3.63) is 29.3 Å². The molecule has 0 spiro atoms. The topological polar surface area (TPSA) is 84.5 Å². The van der Waals surface area contributed by atoms with Crippen molar-refractivity contribution in [2.75, 3.05) is 18.5 Å². The van der Waals surface area contributed by atoms with E-state index in [1.807, 2.05) is 26.0 Å². The lowest BCUT2D eigenvalue weighted by atomic mass is 9.77. The largest absolute Gasteiger partial charge is 0.466 e. The maximum Gasteiger partial charge on any atom is 0.305 e. The number of rotatable bonds is 11. The lowest BCUT2D eigenvalue weighted by Gasteiger charge is -2.32. The van der Waals surface area contributed by atoms with Gasteiger partial charge in [0.2, 0.25) is 5.91 Å². The molecule has 0 fully saturated rings. The summed E-state index contributed by atoms with van der Waals surface area (Å²) < 4.78 is 5.13. The van der Waals surface area contributed by atoms with E-state index in [0.717, 1.165) is 49.8 Å². The van der Waals surface area contributed by atoms with Crippen LogP contribution in [0.2, 0.25) is 0 Å². The first-order valence-corrected chi connectivity index (χ1v) is 10.7. The number of amides is 2. The van der Waals surface area contributed by atoms with Crippen molar-refractivity contribution in [2.45, 2.75) is 77.6 Å². The molecule has 0 aliphatic carbocycles. The molecule has 0 radical (unpaired) electrons. The Morgan fingerprint density at radius 3 is 2.66 bits per heavy atom. The molecule has 1 aliphatic heterocycles. The zero-order valence-corrected chi connectivity index (χ0v) is 17.9. The molecule has 0 saturated carbocycles. The van der Waals surface area contributed by atoms with Gasteiger partial charge in [0.05, 0.1) is 6.61 Å². The highest BCUT2D eigenvalue weighted by Gasteiger charge is 2.32. The van der Waals surface area contributed by atoms with Crippen LogP contribution >= 0.6 is 0 Å². The second kappa shape index (κ2) is 11.0. The number of ether oxygens (including phenoxy) is 1. The van der Waals surface area contributed by atoms with Gasteiger partial charge in [-0.2, -0.15) is 0 Å². The van der Waals surface area contributed by atoms with Gasteiger partial charge in [-0.3, -0.25) is 14.4 Å². The first-order valence-electron chi connectivity index (χ1n) is 10.7. The molecule has 0 bridgehead atoms. The normalized spacial score (nSPS) is 14.7. The van der Waals surface area contributed by atoms with Gasteiger partial charge in [-0.25, -0.2) is 0 Å². The summed E-state index contributed by atoms with van der Waals surface area (Å²) in [5.74, 6) is -0.202.